The highest BCUT2D eigenvalue weighted by atomic mass is 16.5. The molecule has 0 saturated heterocycles. The summed E-state index contributed by atoms with van der Waals surface area (Å²) in [6.45, 7) is 0.979. The van der Waals surface area contributed by atoms with Gasteiger partial charge in [0.2, 0.25) is 0 Å². The van der Waals surface area contributed by atoms with E-state index in [1.54, 1.807) is 31.5 Å². The minimum Gasteiger partial charge on any atom is -0.507 e. The molecule has 27 heavy (non-hydrogen) atoms. The Balaban J connectivity index is 1.56. The fourth-order valence-corrected chi connectivity index (χ4v) is 3.30. The second-order valence-corrected chi connectivity index (χ2v) is 6.63. The molecule has 0 amide bonds. The molecule has 6 nitrogen and oxygen atoms in total. The molecule has 1 aliphatic rings. The molecule has 0 aliphatic carbocycles. The van der Waals surface area contributed by atoms with Crippen LogP contribution in [0.15, 0.2) is 47.5 Å². The highest BCUT2D eigenvalue weighted by molar-refractivity contribution is 5.86. The van der Waals surface area contributed by atoms with Crippen molar-refractivity contribution in [2.24, 2.45) is 4.99 Å². The van der Waals surface area contributed by atoms with Crippen molar-refractivity contribution in [1.82, 2.24) is 14.8 Å². The van der Waals surface area contributed by atoms with E-state index in [-0.39, 0.29) is 5.75 Å². The van der Waals surface area contributed by atoms with Gasteiger partial charge < -0.3 is 14.4 Å². The number of aromatic nitrogens is 3. The zero-order chi connectivity index (χ0) is 18.6. The molecule has 0 atom stereocenters. The second kappa shape index (κ2) is 7.61. The first kappa shape index (κ1) is 17.3. The summed E-state index contributed by atoms with van der Waals surface area (Å²) in [7, 11) is 1.59. The number of rotatable bonds is 4. The van der Waals surface area contributed by atoms with Crippen LogP contribution in [0.3, 0.4) is 0 Å². The van der Waals surface area contributed by atoms with Gasteiger partial charge in [0.25, 0.3) is 0 Å². The van der Waals surface area contributed by atoms with E-state index in [0.717, 1.165) is 35.9 Å². The average molecular weight is 362 g/mol. The molecule has 0 unspecified atom stereocenters. The number of phenols is 1. The van der Waals surface area contributed by atoms with Gasteiger partial charge >= 0.3 is 0 Å². The number of aromatic hydroxyl groups is 1. The lowest BCUT2D eigenvalue weighted by atomic mass is 10.2. The van der Waals surface area contributed by atoms with Gasteiger partial charge in [0, 0.05) is 30.3 Å². The van der Waals surface area contributed by atoms with Gasteiger partial charge in [0.15, 0.2) is 5.82 Å². The molecular formula is C21H22N4O2. The van der Waals surface area contributed by atoms with E-state index in [9.17, 15) is 5.11 Å². The van der Waals surface area contributed by atoms with Gasteiger partial charge in [-0.2, -0.15) is 0 Å². The van der Waals surface area contributed by atoms with Crippen molar-refractivity contribution >= 4 is 11.9 Å². The predicted octanol–water partition coefficient (Wildman–Crippen LogP) is 4.14. The summed E-state index contributed by atoms with van der Waals surface area (Å²) in [5, 5.41) is 18.7. The van der Waals surface area contributed by atoms with Gasteiger partial charge in [-0.15, -0.1) is 10.2 Å². The normalized spacial score (nSPS) is 14.1. The summed E-state index contributed by atoms with van der Waals surface area (Å²) in [5.74, 6) is 2.85. The van der Waals surface area contributed by atoms with Gasteiger partial charge in [0.1, 0.15) is 17.3 Å². The highest BCUT2D eigenvalue weighted by Gasteiger charge is 2.15. The molecule has 0 fully saturated rings. The van der Waals surface area contributed by atoms with Crippen molar-refractivity contribution < 1.29 is 9.84 Å². The number of nitrogens with zero attached hydrogens (tertiary/aromatic N) is 4. The molecule has 138 valence electrons. The van der Waals surface area contributed by atoms with Gasteiger partial charge in [0.05, 0.1) is 12.8 Å². The van der Waals surface area contributed by atoms with Crippen molar-refractivity contribution in [1.29, 1.82) is 0 Å². The fraction of sp³-hybridized carbons (Fsp3) is 0.286. The van der Waals surface area contributed by atoms with Crippen LogP contribution in [0, 0.1) is 0 Å². The Morgan fingerprint density at radius 2 is 1.93 bits per heavy atom. The third kappa shape index (κ3) is 3.69. The first-order valence-electron chi connectivity index (χ1n) is 9.18. The smallest absolute Gasteiger partial charge is 0.163 e. The van der Waals surface area contributed by atoms with Gasteiger partial charge in [-0.05, 0) is 55.3 Å². The molecule has 6 heteroatoms. The van der Waals surface area contributed by atoms with Gasteiger partial charge in [-0.25, -0.2) is 0 Å². The number of ether oxygens (including phenoxy) is 1. The Hall–Kier alpha value is -3.15. The van der Waals surface area contributed by atoms with Crippen molar-refractivity contribution in [3.05, 3.63) is 53.9 Å². The van der Waals surface area contributed by atoms with Crippen molar-refractivity contribution in [2.75, 3.05) is 7.11 Å². The van der Waals surface area contributed by atoms with E-state index in [1.165, 1.54) is 19.3 Å². The van der Waals surface area contributed by atoms with Crippen LogP contribution in [0.2, 0.25) is 0 Å². The number of methoxy groups -OCH3 is 1. The van der Waals surface area contributed by atoms with Crippen molar-refractivity contribution in [2.45, 2.75) is 32.2 Å². The number of aryl methyl sites for hydroxylation is 1. The summed E-state index contributed by atoms with van der Waals surface area (Å²) in [6, 6.07) is 13.0. The zero-order valence-electron chi connectivity index (χ0n) is 15.3. The largest absolute Gasteiger partial charge is 0.507 e. The number of hydrogen-bond acceptors (Lipinski definition) is 5. The number of phenolic OH excluding ortho intramolecular Hbond substituents is 1. The van der Waals surface area contributed by atoms with Crippen LogP contribution in [-0.4, -0.2) is 33.2 Å². The summed E-state index contributed by atoms with van der Waals surface area (Å²) in [4.78, 5) is 4.45. The molecule has 2 aromatic carbocycles. The monoisotopic (exact) mass is 362 g/mol. The molecule has 0 spiro atoms. The molecule has 0 radical (unpaired) electrons. The minimum atomic E-state index is 0.169. The Bertz CT molecular complexity index is 961. The third-order valence-corrected chi connectivity index (χ3v) is 4.82. The summed E-state index contributed by atoms with van der Waals surface area (Å²) >= 11 is 0. The zero-order valence-corrected chi connectivity index (χ0v) is 15.3. The quantitative estimate of drug-likeness (QED) is 0.708. The standard InChI is InChI=1S/C21H22N4O2/c1-27-18-10-11-19(26)16(13-18)14-22-17-8-6-15(7-9-17)21-24-23-20-5-3-2-4-12-25(20)21/h6-11,13-14,26H,2-5,12H2,1H3. The Kier molecular flexibility index (Phi) is 4.87. The van der Waals surface area contributed by atoms with E-state index in [1.807, 2.05) is 24.3 Å². The fourth-order valence-electron chi connectivity index (χ4n) is 3.30. The number of hydrogen-bond donors (Lipinski definition) is 1. The Morgan fingerprint density at radius 3 is 2.74 bits per heavy atom. The number of aliphatic imine (C=N–C) groups is 1. The van der Waals surface area contributed by atoms with Crippen LogP contribution >= 0.6 is 0 Å². The summed E-state index contributed by atoms with van der Waals surface area (Å²) < 4.78 is 7.42. The van der Waals surface area contributed by atoms with Crippen LogP contribution < -0.4 is 4.74 Å². The van der Waals surface area contributed by atoms with Gasteiger partial charge in [-0.3, -0.25) is 4.99 Å². The maximum atomic E-state index is 9.95. The molecule has 3 aromatic rings. The Labute approximate surface area is 158 Å². The first-order chi connectivity index (χ1) is 13.2. The molecule has 1 aliphatic heterocycles. The van der Waals surface area contributed by atoms with Crippen molar-refractivity contribution in [3.8, 4) is 22.9 Å². The molecular weight excluding hydrogens is 340 g/mol. The van der Waals surface area contributed by atoms with Crippen LogP contribution in [-0.2, 0) is 13.0 Å². The highest BCUT2D eigenvalue weighted by Crippen LogP contribution is 2.26. The lowest BCUT2D eigenvalue weighted by Gasteiger charge is -2.07. The van der Waals surface area contributed by atoms with Crippen LogP contribution in [0.5, 0.6) is 11.5 Å². The third-order valence-electron chi connectivity index (χ3n) is 4.82. The maximum absolute atomic E-state index is 9.95. The summed E-state index contributed by atoms with van der Waals surface area (Å²) in [6.07, 6.45) is 6.23. The first-order valence-corrected chi connectivity index (χ1v) is 9.18. The molecule has 2 heterocycles. The topological polar surface area (TPSA) is 72.5 Å². The molecule has 0 saturated carbocycles. The lowest BCUT2D eigenvalue weighted by Crippen LogP contribution is -2.02. The van der Waals surface area contributed by atoms with Crippen LogP contribution in [0.4, 0.5) is 5.69 Å². The predicted molar refractivity (Wildman–Crippen MR) is 105 cm³/mol. The van der Waals surface area contributed by atoms with E-state index in [2.05, 4.69) is 19.8 Å². The maximum Gasteiger partial charge on any atom is 0.163 e. The SMILES string of the molecule is COc1ccc(O)c(C=Nc2ccc(-c3nnc4n3CCCCC4)cc2)c1. The second-order valence-electron chi connectivity index (χ2n) is 6.63. The van der Waals surface area contributed by atoms with Gasteiger partial charge in [-0.1, -0.05) is 6.42 Å². The van der Waals surface area contributed by atoms with Crippen LogP contribution in [0.25, 0.3) is 11.4 Å². The van der Waals surface area contributed by atoms with Crippen molar-refractivity contribution in [3.63, 3.8) is 0 Å². The van der Waals surface area contributed by atoms with E-state index >= 15 is 0 Å². The Morgan fingerprint density at radius 1 is 1.07 bits per heavy atom. The molecule has 1 N–H and O–H groups in total. The van der Waals surface area contributed by atoms with E-state index in [4.69, 9.17) is 4.74 Å². The minimum absolute atomic E-state index is 0.169. The number of benzene rings is 2. The van der Waals surface area contributed by atoms with E-state index < -0.39 is 0 Å². The van der Waals surface area contributed by atoms with Crippen LogP contribution in [0.1, 0.15) is 30.7 Å². The number of fused-ring (bicyclic) bond motifs is 1. The van der Waals surface area contributed by atoms with E-state index in [0.29, 0.717) is 11.3 Å². The summed E-state index contributed by atoms with van der Waals surface area (Å²) in [5.41, 5.74) is 2.46. The molecule has 1 aromatic heterocycles. The molecule has 0 bridgehead atoms. The molecule has 4 rings (SSSR count). The average Bonchev–Trinajstić information content (AvgIpc) is 2.96. The lowest BCUT2D eigenvalue weighted by molar-refractivity contribution is 0.412.